The second kappa shape index (κ2) is 7.88. The first kappa shape index (κ1) is 18.4. The number of amides is 2. The van der Waals surface area contributed by atoms with Gasteiger partial charge in [-0.2, -0.15) is 0 Å². The van der Waals surface area contributed by atoms with Crippen molar-refractivity contribution in [1.82, 2.24) is 15.1 Å². The first-order valence-corrected chi connectivity index (χ1v) is 8.81. The number of rotatable bonds is 3. The van der Waals surface area contributed by atoms with Crippen molar-refractivity contribution >= 4 is 46.5 Å². The first-order chi connectivity index (χ1) is 12.5. The highest BCUT2D eigenvalue weighted by Gasteiger charge is 2.20. The zero-order valence-corrected chi connectivity index (χ0v) is 15.6. The van der Waals surface area contributed by atoms with E-state index in [1.165, 1.54) is 0 Å². The molecule has 1 aliphatic heterocycles. The van der Waals surface area contributed by atoms with Gasteiger partial charge in [0.15, 0.2) is 11.5 Å². The van der Waals surface area contributed by atoms with E-state index in [-0.39, 0.29) is 11.6 Å². The highest BCUT2D eigenvalue weighted by molar-refractivity contribution is 6.39. The van der Waals surface area contributed by atoms with Crippen molar-refractivity contribution in [2.24, 2.45) is 0 Å². The van der Waals surface area contributed by atoms with Gasteiger partial charge in [-0.05, 0) is 24.3 Å². The van der Waals surface area contributed by atoms with E-state index in [1.54, 1.807) is 42.2 Å². The van der Waals surface area contributed by atoms with Crippen LogP contribution in [0, 0.1) is 0 Å². The van der Waals surface area contributed by atoms with Gasteiger partial charge >= 0.3 is 0 Å². The zero-order valence-electron chi connectivity index (χ0n) is 14.1. The zero-order chi connectivity index (χ0) is 18.7. The maximum atomic E-state index is 12.3. The Morgan fingerprint density at radius 1 is 1.00 bits per heavy atom. The summed E-state index contributed by atoms with van der Waals surface area (Å²) in [6.07, 6.45) is 0. The van der Waals surface area contributed by atoms with Gasteiger partial charge in [0, 0.05) is 33.1 Å². The van der Waals surface area contributed by atoms with E-state index in [0.29, 0.717) is 47.7 Å². The Morgan fingerprint density at radius 3 is 2.19 bits per heavy atom. The summed E-state index contributed by atoms with van der Waals surface area (Å²) in [5, 5.41) is 11.5. The molecule has 0 bridgehead atoms. The summed E-state index contributed by atoms with van der Waals surface area (Å²) in [6, 6.07) is 8.30. The van der Waals surface area contributed by atoms with Crippen molar-refractivity contribution in [3.8, 4) is 0 Å². The number of nitrogens with zero attached hydrogens (tertiary/aromatic N) is 4. The van der Waals surface area contributed by atoms with Gasteiger partial charge in [-0.1, -0.05) is 29.3 Å². The molecule has 0 spiro atoms. The third-order valence-electron chi connectivity index (χ3n) is 4.13. The number of hydrogen-bond donors (Lipinski definition) is 1. The highest BCUT2D eigenvalue weighted by Crippen LogP contribution is 2.30. The fraction of sp³-hybridized carbons (Fsp3) is 0.294. The molecule has 2 amide bonds. The fourth-order valence-corrected chi connectivity index (χ4v) is 3.15. The largest absolute Gasteiger partial charge is 0.352 e. The van der Waals surface area contributed by atoms with Crippen molar-refractivity contribution in [3.05, 3.63) is 46.1 Å². The number of carbonyl (C=O) groups is 2. The second-order valence-corrected chi connectivity index (χ2v) is 6.64. The monoisotopic (exact) mass is 393 g/mol. The lowest BCUT2D eigenvalue weighted by Gasteiger charge is -2.34. The third-order valence-corrected chi connectivity index (χ3v) is 4.76. The molecule has 1 aliphatic rings. The molecule has 0 saturated carbocycles. The number of nitrogens with one attached hydrogen (secondary N) is 1. The van der Waals surface area contributed by atoms with E-state index < -0.39 is 5.91 Å². The standard InChI is InChI=1S/C17H17Cl2N5O2/c1-11(25)23-7-9-24(10-8-23)15-6-5-14(21-22-15)17(26)20-16-12(18)3-2-4-13(16)19/h2-6H,7-10H2,1H3,(H,20,26). The van der Waals surface area contributed by atoms with Crippen molar-refractivity contribution in [3.63, 3.8) is 0 Å². The van der Waals surface area contributed by atoms with E-state index in [4.69, 9.17) is 23.2 Å². The lowest BCUT2D eigenvalue weighted by Crippen LogP contribution is -2.48. The maximum absolute atomic E-state index is 12.3. The van der Waals surface area contributed by atoms with Gasteiger partial charge in [0.2, 0.25) is 5.91 Å². The number of benzene rings is 1. The van der Waals surface area contributed by atoms with Gasteiger partial charge in [0.05, 0.1) is 15.7 Å². The molecule has 0 atom stereocenters. The van der Waals surface area contributed by atoms with Gasteiger partial charge in [-0.15, -0.1) is 10.2 Å². The Morgan fingerprint density at radius 2 is 1.65 bits per heavy atom. The molecule has 7 nitrogen and oxygen atoms in total. The molecule has 1 N–H and O–H groups in total. The maximum Gasteiger partial charge on any atom is 0.276 e. The fourth-order valence-electron chi connectivity index (χ4n) is 2.66. The molecule has 1 aromatic heterocycles. The molecule has 1 fully saturated rings. The molecule has 0 aliphatic carbocycles. The number of hydrogen-bond acceptors (Lipinski definition) is 5. The molecule has 1 saturated heterocycles. The molecular weight excluding hydrogens is 377 g/mol. The summed E-state index contributed by atoms with van der Waals surface area (Å²) in [6.45, 7) is 4.20. The van der Waals surface area contributed by atoms with Crippen LogP contribution in [0.25, 0.3) is 0 Å². The van der Waals surface area contributed by atoms with Crippen molar-refractivity contribution in [2.45, 2.75) is 6.92 Å². The average molecular weight is 394 g/mol. The van der Waals surface area contributed by atoms with Crippen LogP contribution in [0.1, 0.15) is 17.4 Å². The highest BCUT2D eigenvalue weighted by atomic mass is 35.5. The number of halogens is 2. The lowest BCUT2D eigenvalue weighted by atomic mass is 10.2. The van der Waals surface area contributed by atoms with Crippen LogP contribution in [0.3, 0.4) is 0 Å². The normalized spacial score (nSPS) is 14.3. The summed E-state index contributed by atoms with van der Waals surface area (Å²) >= 11 is 12.1. The molecule has 2 aromatic rings. The Labute approximate surface area is 160 Å². The third kappa shape index (κ3) is 4.05. The molecule has 136 valence electrons. The van der Waals surface area contributed by atoms with E-state index in [1.807, 2.05) is 4.90 Å². The first-order valence-electron chi connectivity index (χ1n) is 8.05. The Bertz CT molecular complexity index is 800. The van der Waals surface area contributed by atoms with E-state index in [2.05, 4.69) is 15.5 Å². The van der Waals surface area contributed by atoms with Gasteiger partial charge in [0.1, 0.15) is 0 Å². The van der Waals surface area contributed by atoms with E-state index in [9.17, 15) is 9.59 Å². The minimum absolute atomic E-state index is 0.0704. The average Bonchev–Trinajstić information content (AvgIpc) is 2.65. The summed E-state index contributed by atoms with van der Waals surface area (Å²) in [5.41, 5.74) is 0.499. The molecule has 9 heteroatoms. The number of carbonyl (C=O) groups excluding carboxylic acids is 2. The van der Waals surface area contributed by atoms with Gasteiger partial charge in [-0.3, -0.25) is 9.59 Å². The van der Waals surface area contributed by atoms with Crippen LogP contribution in [0.15, 0.2) is 30.3 Å². The second-order valence-electron chi connectivity index (χ2n) is 5.82. The Balaban J connectivity index is 1.66. The summed E-state index contributed by atoms with van der Waals surface area (Å²) < 4.78 is 0. The van der Waals surface area contributed by atoms with Crippen LogP contribution < -0.4 is 10.2 Å². The quantitative estimate of drug-likeness (QED) is 0.866. The molecule has 2 heterocycles. The predicted octanol–water partition coefficient (Wildman–Crippen LogP) is 2.70. The number of aromatic nitrogens is 2. The van der Waals surface area contributed by atoms with Gasteiger partial charge in [-0.25, -0.2) is 0 Å². The number of para-hydroxylation sites is 1. The Kier molecular flexibility index (Phi) is 5.58. The molecule has 0 unspecified atom stereocenters. The SMILES string of the molecule is CC(=O)N1CCN(c2ccc(C(=O)Nc3c(Cl)cccc3Cl)nn2)CC1. The van der Waals surface area contributed by atoms with E-state index >= 15 is 0 Å². The van der Waals surface area contributed by atoms with Gasteiger partial charge in [0.25, 0.3) is 5.91 Å². The summed E-state index contributed by atoms with van der Waals surface area (Å²) in [7, 11) is 0. The van der Waals surface area contributed by atoms with E-state index in [0.717, 1.165) is 0 Å². The minimum atomic E-state index is -0.444. The topological polar surface area (TPSA) is 78.4 Å². The van der Waals surface area contributed by atoms with Gasteiger partial charge < -0.3 is 15.1 Å². The van der Waals surface area contributed by atoms with Crippen LogP contribution >= 0.6 is 23.2 Å². The molecule has 26 heavy (non-hydrogen) atoms. The molecule has 0 radical (unpaired) electrons. The van der Waals surface area contributed by atoms with Crippen LogP contribution in [-0.2, 0) is 4.79 Å². The molecule has 3 rings (SSSR count). The minimum Gasteiger partial charge on any atom is -0.352 e. The smallest absolute Gasteiger partial charge is 0.276 e. The van der Waals surface area contributed by atoms with Crippen LogP contribution in [0.4, 0.5) is 11.5 Å². The van der Waals surface area contributed by atoms with Crippen LogP contribution in [0.5, 0.6) is 0 Å². The number of anilines is 2. The summed E-state index contributed by atoms with van der Waals surface area (Å²) in [4.78, 5) is 27.5. The van der Waals surface area contributed by atoms with Crippen LogP contribution in [0.2, 0.25) is 10.0 Å². The van der Waals surface area contributed by atoms with Crippen molar-refractivity contribution < 1.29 is 9.59 Å². The predicted molar refractivity (Wildman–Crippen MR) is 101 cm³/mol. The Hall–Kier alpha value is -2.38. The number of piperazine rings is 1. The van der Waals surface area contributed by atoms with Crippen molar-refractivity contribution in [1.29, 1.82) is 0 Å². The lowest BCUT2D eigenvalue weighted by molar-refractivity contribution is -0.129. The van der Waals surface area contributed by atoms with Crippen LogP contribution in [-0.4, -0.2) is 53.1 Å². The van der Waals surface area contributed by atoms with Crippen molar-refractivity contribution in [2.75, 3.05) is 36.4 Å². The summed E-state index contributed by atoms with van der Waals surface area (Å²) in [5.74, 6) is 0.293. The molecule has 1 aromatic carbocycles. The molecular formula is C17H17Cl2N5O2.